The summed E-state index contributed by atoms with van der Waals surface area (Å²) in [5.74, 6) is 3.67. The second kappa shape index (κ2) is 2.63. The Kier molecular flexibility index (Phi) is 1.60. The third-order valence-electron chi connectivity index (χ3n) is 3.15. The van der Waals surface area contributed by atoms with E-state index in [2.05, 4.69) is 16.9 Å². The largest absolute Gasteiger partial charge is 0.383 e. The molecule has 2 heterocycles. The molecule has 1 fully saturated rings. The van der Waals surface area contributed by atoms with E-state index in [0.717, 1.165) is 17.3 Å². The average molecular weight is 207 g/mol. The van der Waals surface area contributed by atoms with Crippen molar-refractivity contribution in [2.75, 3.05) is 5.73 Å². The summed E-state index contributed by atoms with van der Waals surface area (Å²) < 4.78 is 0. The Bertz CT molecular complexity index is 399. The first-order valence-electron chi connectivity index (χ1n) is 4.92. The summed E-state index contributed by atoms with van der Waals surface area (Å²) in [6, 6.07) is 0. The Morgan fingerprint density at radius 1 is 1.29 bits per heavy atom. The monoisotopic (exact) mass is 207 g/mol. The fraction of sp³-hybridized carbons (Fsp3) is 0.600. The second-order valence-electron chi connectivity index (χ2n) is 4.41. The van der Waals surface area contributed by atoms with E-state index in [1.54, 1.807) is 0 Å². The molecule has 1 saturated carbocycles. The number of hydrogen-bond donors (Lipinski definition) is 1. The molecule has 1 aliphatic carbocycles. The highest BCUT2D eigenvalue weighted by atomic mass is 32.2. The normalized spacial score (nSPS) is 22.1. The van der Waals surface area contributed by atoms with E-state index in [1.807, 2.05) is 11.8 Å². The van der Waals surface area contributed by atoms with Crippen LogP contribution in [0.5, 0.6) is 0 Å². The number of nitrogens with zero attached hydrogens (tertiary/aromatic N) is 2. The van der Waals surface area contributed by atoms with E-state index in [1.165, 1.54) is 24.1 Å². The number of thioether (sulfide) groups is 1. The highest BCUT2D eigenvalue weighted by Gasteiger charge is 2.42. The molecule has 1 aromatic rings. The van der Waals surface area contributed by atoms with Gasteiger partial charge in [-0.15, -0.1) is 0 Å². The molecule has 0 unspecified atom stereocenters. The molecular weight excluding hydrogens is 194 g/mol. The molecule has 0 saturated heterocycles. The van der Waals surface area contributed by atoms with Gasteiger partial charge in [-0.2, -0.15) is 11.8 Å². The van der Waals surface area contributed by atoms with E-state index in [0.29, 0.717) is 5.82 Å². The number of nitrogen functional groups attached to an aromatic ring is 1. The van der Waals surface area contributed by atoms with E-state index < -0.39 is 0 Å². The van der Waals surface area contributed by atoms with Crippen molar-refractivity contribution in [3.8, 4) is 0 Å². The molecule has 0 spiro atoms. The molecule has 74 valence electrons. The molecule has 2 aliphatic rings. The first kappa shape index (κ1) is 8.53. The van der Waals surface area contributed by atoms with Crippen LogP contribution in [0.3, 0.4) is 0 Å². The van der Waals surface area contributed by atoms with Gasteiger partial charge in [0.15, 0.2) is 0 Å². The number of fused-ring (bicyclic) bond motifs is 1. The molecule has 3 nitrogen and oxygen atoms in total. The molecular formula is C10H13N3S. The van der Waals surface area contributed by atoms with E-state index in [-0.39, 0.29) is 5.41 Å². The van der Waals surface area contributed by atoms with Gasteiger partial charge in [0.1, 0.15) is 11.6 Å². The summed E-state index contributed by atoms with van der Waals surface area (Å²) in [4.78, 5) is 9.07. The Balaban J connectivity index is 2.12. The number of nitrogens with two attached hydrogens (primary N) is 1. The van der Waals surface area contributed by atoms with Crippen molar-refractivity contribution in [2.24, 2.45) is 0 Å². The SMILES string of the molecule is CC1(c2nc(N)c3c(n2)CSC3)CC1. The Morgan fingerprint density at radius 2 is 2.07 bits per heavy atom. The molecule has 0 atom stereocenters. The lowest BCUT2D eigenvalue weighted by atomic mass is 10.1. The topological polar surface area (TPSA) is 51.8 Å². The minimum atomic E-state index is 0.233. The van der Waals surface area contributed by atoms with E-state index >= 15 is 0 Å². The highest BCUT2D eigenvalue weighted by molar-refractivity contribution is 7.98. The van der Waals surface area contributed by atoms with Crippen LogP contribution in [0, 0.1) is 0 Å². The van der Waals surface area contributed by atoms with E-state index in [4.69, 9.17) is 5.73 Å². The van der Waals surface area contributed by atoms with Gasteiger partial charge in [-0.1, -0.05) is 6.92 Å². The zero-order valence-corrected chi connectivity index (χ0v) is 9.02. The summed E-state index contributed by atoms with van der Waals surface area (Å²) in [5, 5.41) is 0. The van der Waals surface area contributed by atoms with Crippen molar-refractivity contribution in [1.29, 1.82) is 0 Å². The first-order valence-corrected chi connectivity index (χ1v) is 6.08. The fourth-order valence-corrected chi connectivity index (χ4v) is 2.81. The van der Waals surface area contributed by atoms with Crippen LogP contribution in [-0.4, -0.2) is 9.97 Å². The summed E-state index contributed by atoms with van der Waals surface area (Å²) in [5.41, 5.74) is 8.51. The van der Waals surface area contributed by atoms with Crippen LogP contribution in [-0.2, 0) is 16.9 Å². The van der Waals surface area contributed by atoms with Gasteiger partial charge in [-0.3, -0.25) is 0 Å². The van der Waals surface area contributed by atoms with Gasteiger partial charge in [-0.05, 0) is 12.8 Å². The molecule has 0 bridgehead atoms. The standard InChI is InChI=1S/C10H13N3S/c1-10(2-3-10)9-12-7-5-14-4-6(7)8(11)13-9/h2-5H2,1H3,(H2,11,12,13). The van der Waals surface area contributed by atoms with Crippen LogP contribution >= 0.6 is 11.8 Å². The van der Waals surface area contributed by atoms with Crippen molar-refractivity contribution in [1.82, 2.24) is 9.97 Å². The number of aromatic nitrogens is 2. The predicted molar refractivity (Wildman–Crippen MR) is 58.0 cm³/mol. The molecule has 1 aromatic heterocycles. The molecule has 14 heavy (non-hydrogen) atoms. The van der Waals surface area contributed by atoms with Crippen LogP contribution < -0.4 is 5.73 Å². The van der Waals surface area contributed by atoms with Crippen LogP contribution in [0.2, 0.25) is 0 Å². The molecule has 0 aromatic carbocycles. The highest BCUT2D eigenvalue weighted by Crippen LogP contribution is 2.47. The van der Waals surface area contributed by atoms with Crippen molar-refractivity contribution in [3.63, 3.8) is 0 Å². The van der Waals surface area contributed by atoms with Gasteiger partial charge < -0.3 is 5.73 Å². The van der Waals surface area contributed by atoms with Crippen LogP contribution in [0.25, 0.3) is 0 Å². The second-order valence-corrected chi connectivity index (χ2v) is 5.40. The quantitative estimate of drug-likeness (QED) is 0.763. The predicted octanol–water partition coefficient (Wildman–Crippen LogP) is 1.86. The minimum absolute atomic E-state index is 0.233. The van der Waals surface area contributed by atoms with Gasteiger partial charge in [0.2, 0.25) is 0 Å². The van der Waals surface area contributed by atoms with Crippen LogP contribution in [0.1, 0.15) is 36.8 Å². The van der Waals surface area contributed by atoms with E-state index in [9.17, 15) is 0 Å². The van der Waals surface area contributed by atoms with Crippen molar-refractivity contribution < 1.29 is 0 Å². The lowest BCUT2D eigenvalue weighted by Gasteiger charge is -2.10. The molecule has 0 amide bonds. The smallest absolute Gasteiger partial charge is 0.136 e. The zero-order valence-electron chi connectivity index (χ0n) is 8.21. The van der Waals surface area contributed by atoms with Crippen LogP contribution in [0.15, 0.2) is 0 Å². The maximum Gasteiger partial charge on any atom is 0.136 e. The van der Waals surface area contributed by atoms with Gasteiger partial charge in [0.05, 0.1) is 5.69 Å². The summed E-state index contributed by atoms with van der Waals surface area (Å²) in [6.45, 7) is 2.22. The number of hydrogen-bond acceptors (Lipinski definition) is 4. The van der Waals surface area contributed by atoms with Gasteiger partial charge in [0, 0.05) is 22.5 Å². The summed E-state index contributed by atoms with van der Waals surface area (Å²) >= 11 is 1.87. The van der Waals surface area contributed by atoms with Crippen LogP contribution in [0.4, 0.5) is 5.82 Å². The Morgan fingerprint density at radius 3 is 2.79 bits per heavy atom. The zero-order chi connectivity index (χ0) is 9.76. The van der Waals surface area contributed by atoms with Gasteiger partial charge >= 0.3 is 0 Å². The Labute approximate surface area is 87.5 Å². The molecule has 0 radical (unpaired) electrons. The summed E-state index contributed by atoms with van der Waals surface area (Å²) in [7, 11) is 0. The molecule has 2 N–H and O–H groups in total. The molecule has 1 aliphatic heterocycles. The number of anilines is 1. The summed E-state index contributed by atoms with van der Waals surface area (Å²) in [6.07, 6.45) is 2.41. The minimum Gasteiger partial charge on any atom is -0.383 e. The van der Waals surface area contributed by atoms with Gasteiger partial charge in [-0.25, -0.2) is 9.97 Å². The lowest BCUT2D eigenvalue weighted by Crippen LogP contribution is -2.12. The third-order valence-corrected chi connectivity index (χ3v) is 4.12. The fourth-order valence-electron chi connectivity index (χ4n) is 1.76. The van der Waals surface area contributed by atoms with Crippen molar-refractivity contribution in [2.45, 2.75) is 36.7 Å². The number of rotatable bonds is 1. The lowest BCUT2D eigenvalue weighted by molar-refractivity contribution is 0.703. The molecule has 3 rings (SSSR count). The third kappa shape index (κ3) is 1.13. The van der Waals surface area contributed by atoms with Gasteiger partial charge in [0.25, 0.3) is 0 Å². The molecule has 4 heteroatoms. The van der Waals surface area contributed by atoms with Crippen molar-refractivity contribution in [3.05, 3.63) is 17.1 Å². The maximum absolute atomic E-state index is 5.93. The van der Waals surface area contributed by atoms with Crippen molar-refractivity contribution >= 4 is 17.6 Å². The first-order chi connectivity index (χ1) is 6.69. The average Bonchev–Trinajstić information content (AvgIpc) is 2.75. The Hall–Kier alpha value is -0.770. The maximum atomic E-state index is 5.93.